The largest absolute Gasteiger partial charge is 0.387 e. The molecule has 5 nitrogen and oxygen atoms in total. The quantitative estimate of drug-likeness (QED) is 0.511. The number of rotatable bonds is 9. The van der Waals surface area contributed by atoms with E-state index in [1.54, 1.807) is 0 Å². The van der Waals surface area contributed by atoms with Crippen LogP contribution in [0.3, 0.4) is 0 Å². The van der Waals surface area contributed by atoms with Gasteiger partial charge in [0.05, 0.1) is 19.8 Å². The van der Waals surface area contributed by atoms with Crippen molar-refractivity contribution in [2.24, 2.45) is 0 Å². The van der Waals surface area contributed by atoms with E-state index < -0.39 is 29.9 Å². The maximum atomic E-state index is 10.9. The van der Waals surface area contributed by atoms with Gasteiger partial charge in [-0.05, 0) is 23.3 Å². The summed E-state index contributed by atoms with van der Waals surface area (Å²) in [4.78, 5) is 0.998. The number of thioether (sulfide) groups is 1. The van der Waals surface area contributed by atoms with Gasteiger partial charge in [-0.1, -0.05) is 90.6 Å². The fourth-order valence-electron chi connectivity index (χ4n) is 3.58. The lowest BCUT2D eigenvalue weighted by Crippen LogP contribution is -2.58. The van der Waals surface area contributed by atoms with Gasteiger partial charge in [0.2, 0.25) is 0 Å². The van der Waals surface area contributed by atoms with E-state index in [1.165, 1.54) is 11.8 Å². The second-order valence-corrected chi connectivity index (χ2v) is 8.89. The van der Waals surface area contributed by atoms with Crippen molar-refractivity contribution in [3.63, 3.8) is 0 Å². The molecule has 0 aromatic heterocycles. The molecular formula is C26H28O5S. The van der Waals surface area contributed by atoms with E-state index in [1.807, 2.05) is 91.0 Å². The summed E-state index contributed by atoms with van der Waals surface area (Å²) in [6, 6.07) is 29.4. The lowest BCUT2D eigenvalue weighted by Gasteiger charge is -2.42. The summed E-state index contributed by atoms with van der Waals surface area (Å²) in [5, 5.41) is 21.7. The molecule has 0 unspecified atom stereocenters. The van der Waals surface area contributed by atoms with Crippen LogP contribution in [0.5, 0.6) is 0 Å². The van der Waals surface area contributed by atoms with Crippen LogP contribution in [0, 0.1) is 0 Å². The highest BCUT2D eigenvalue weighted by molar-refractivity contribution is 7.99. The Labute approximate surface area is 193 Å². The van der Waals surface area contributed by atoms with Gasteiger partial charge < -0.3 is 24.4 Å². The molecule has 4 rings (SSSR count). The third kappa shape index (κ3) is 6.19. The first-order valence-corrected chi connectivity index (χ1v) is 11.6. The average Bonchev–Trinajstić information content (AvgIpc) is 2.84. The number of benzene rings is 3. The van der Waals surface area contributed by atoms with Crippen LogP contribution in [0.1, 0.15) is 11.1 Å². The first-order valence-electron chi connectivity index (χ1n) is 10.7. The molecule has 168 valence electrons. The van der Waals surface area contributed by atoms with Crippen molar-refractivity contribution in [3.05, 3.63) is 102 Å². The molecule has 0 amide bonds. The minimum absolute atomic E-state index is 0.171. The van der Waals surface area contributed by atoms with Crippen molar-refractivity contribution < 1.29 is 24.4 Å². The van der Waals surface area contributed by atoms with E-state index in [2.05, 4.69) is 0 Å². The van der Waals surface area contributed by atoms with Crippen LogP contribution >= 0.6 is 11.8 Å². The molecule has 1 saturated heterocycles. The van der Waals surface area contributed by atoms with Gasteiger partial charge in [0, 0.05) is 4.90 Å². The Hall–Kier alpha value is -2.19. The number of aliphatic hydroxyl groups is 2. The van der Waals surface area contributed by atoms with E-state index in [9.17, 15) is 10.2 Å². The van der Waals surface area contributed by atoms with E-state index in [4.69, 9.17) is 14.2 Å². The molecule has 0 bridgehead atoms. The molecule has 1 aliphatic heterocycles. The van der Waals surface area contributed by atoms with Crippen LogP contribution in [0.4, 0.5) is 0 Å². The second-order valence-electron chi connectivity index (χ2n) is 7.72. The van der Waals surface area contributed by atoms with Crippen LogP contribution in [0.25, 0.3) is 0 Å². The van der Waals surface area contributed by atoms with Gasteiger partial charge in [-0.2, -0.15) is 0 Å². The Balaban J connectivity index is 1.43. The maximum absolute atomic E-state index is 10.9. The van der Waals surface area contributed by atoms with Crippen molar-refractivity contribution in [1.29, 1.82) is 0 Å². The minimum Gasteiger partial charge on any atom is -0.387 e. The highest BCUT2D eigenvalue weighted by Crippen LogP contribution is 2.35. The summed E-state index contributed by atoms with van der Waals surface area (Å²) in [6.45, 7) is 0.901. The number of hydrogen-bond donors (Lipinski definition) is 2. The highest BCUT2D eigenvalue weighted by Gasteiger charge is 2.45. The van der Waals surface area contributed by atoms with Gasteiger partial charge in [-0.15, -0.1) is 0 Å². The number of aliphatic hydroxyl groups excluding tert-OH is 2. The molecule has 0 radical (unpaired) electrons. The molecular weight excluding hydrogens is 424 g/mol. The van der Waals surface area contributed by atoms with Crippen molar-refractivity contribution in [3.8, 4) is 0 Å². The zero-order chi connectivity index (χ0) is 22.2. The van der Waals surface area contributed by atoms with E-state index in [-0.39, 0.29) is 6.61 Å². The molecule has 0 saturated carbocycles. The molecule has 2 N–H and O–H groups in total. The van der Waals surface area contributed by atoms with Crippen molar-refractivity contribution in [2.45, 2.75) is 48.0 Å². The van der Waals surface area contributed by atoms with Crippen LogP contribution in [0.15, 0.2) is 95.9 Å². The molecule has 3 aromatic rings. The summed E-state index contributed by atoms with van der Waals surface area (Å²) in [6.07, 6.45) is -3.56. The van der Waals surface area contributed by atoms with Crippen molar-refractivity contribution >= 4 is 11.8 Å². The van der Waals surface area contributed by atoms with Crippen LogP contribution in [-0.2, 0) is 27.4 Å². The molecule has 1 heterocycles. The second kappa shape index (κ2) is 11.6. The van der Waals surface area contributed by atoms with Crippen LogP contribution in [0.2, 0.25) is 0 Å². The van der Waals surface area contributed by atoms with Gasteiger partial charge >= 0.3 is 0 Å². The number of hydrogen-bond acceptors (Lipinski definition) is 6. The molecule has 0 spiro atoms. The normalized spacial score (nSPS) is 25.5. The molecule has 1 aliphatic rings. The fourth-order valence-corrected chi connectivity index (χ4v) is 4.74. The summed E-state index contributed by atoms with van der Waals surface area (Å²) < 4.78 is 18.1. The van der Waals surface area contributed by atoms with E-state index in [0.717, 1.165) is 16.0 Å². The van der Waals surface area contributed by atoms with Crippen LogP contribution in [-0.4, -0.2) is 46.7 Å². The zero-order valence-corrected chi connectivity index (χ0v) is 18.5. The zero-order valence-electron chi connectivity index (χ0n) is 17.7. The topological polar surface area (TPSA) is 68.2 Å². The Morgan fingerprint density at radius 1 is 0.719 bits per heavy atom. The smallest absolute Gasteiger partial charge is 0.137 e. The predicted octanol–water partition coefficient (Wildman–Crippen LogP) is 4.03. The maximum Gasteiger partial charge on any atom is 0.137 e. The Bertz CT molecular complexity index is 923. The van der Waals surface area contributed by atoms with Gasteiger partial charge in [0.1, 0.15) is 29.9 Å². The summed E-state index contributed by atoms with van der Waals surface area (Å²) >= 11 is 1.47. The lowest BCUT2D eigenvalue weighted by molar-refractivity contribution is -0.225. The highest BCUT2D eigenvalue weighted by atomic mass is 32.2. The summed E-state index contributed by atoms with van der Waals surface area (Å²) in [5.41, 5.74) is 1.54. The first kappa shape index (κ1) is 23.0. The van der Waals surface area contributed by atoms with Crippen molar-refractivity contribution in [2.75, 3.05) is 6.61 Å². The molecule has 6 heteroatoms. The fraction of sp³-hybridized carbons (Fsp3) is 0.308. The summed E-state index contributed by atoms with van der Waals surface area (Å²) in [7, 11) is 0. The predicted molar refractivity (Wildman–Crippen MR) is 124 cm³/mol. The monoisotopic (exact) mass is 452 g/mol. The van der Waals surface area contributed by atoms with Gasteiger partial charge in [0.25, 0.3) is 0 Å². The van der Waals surface area contributed by atoms with E-state index >= 15 is 0 Å². The third-order valence-electron chi connectivity index (χ3n) is 5.32. The van der Waals surface area contributed by atoms with Gasteiger partial charge in [0.15, 0.2) is 0 Å². The molecule has 32 heavy (non-hydrogen) atoms. The average molecular weight is 453 g/mol. The number of ether oxygens (including phenoxy) is 3. The first-order chi connectivity index (χ1) is 15.7. The Kier molecular flexibility index (Phi) is 8.34. The van der Waals surface area contributed by atoms with Crippen LogP contribution < -0.4 is 0 Å². The third-order valence-corrected chi connectivity index (χ3v) is 6.47. The Morgan fingerprint density at radius 2 is 1.28 bits per heavy atom. The van der Waals surface area contributed by atoms with E-state index in [0.29, 0.717) is 13.2 Å². The SMILES string of the molecule is O[C@H]1[C@H](O)[C@@H](COCc2ccccc2)O[C@@H](Sc2ccccc2)[C@@H]1OCc1ccccc1. The van der Waals surface area contributed by atoms with Gasteiger partial charge in [-0.25, -0.2) is 0 Å². The lowest BCUT2D eigenvalue weighted by atomic mass is 10.00. The van der Waals surface area contributed by atoms with Gasteiger partial charge in [-0.3, -0.25) is 0 Å². The summed E-state index contributed by atoms with van der Waals surface area (Å²) in [5.74, 6) is 0. The molecule has 5 atom stereocenters. The Morgan fingerprint density at radius 3 is 1.91 bits per heavy atom. The molecule has 0 aliphatic carbocycles. The minimum atomic E-state index is -1.11. The molecule has 1 fully saturated rings. The van der Waals surface area contributed by atoms with Crippen molar-refractivity contribution in [1.82, 2.24) is 0 Å². The molecule has 3 aromatic carbocycles. The standard InChI is InChI=1S/C26H28O5S/c27-23-22(18-29-16-19-10-4-1-5-11-19)31-26(32-21-14-8-3-9-15-21)25(24(23)28)30-17-20-12-6-2-7-13-20/h1-15,22-28H,16-18H2/t22-,23-,24+,25-,26+/m1/s1.